The minimum absolute atomic E-state index is 0.0561. The highest BCUT2D eigenvalue weighted by atomic mass is 28.4. The van der Waals surface area contributed by atoms with Crippen molar-refractivity contribution in [3.8, 4) is 28.4 Å². The summed E-state index contributed by atoms with van der Waals surface area (Å²) in [7, 11) is 0.973. The van der Waals surface area contributed by atoms with E-state index in [1.165, 1.54) is 0 Å². The van der Waals surface area contributed by atoms with Crippen LogP contribution in [0.25, 0.3) is 16.0 Å². The molecule has 1 fully saturated rings. The number of amides is 1. The lowest BCUT2D eigenvalue weighted by Gasteiger charge is -2.37. The van der Waals surface area contributed by atoms with Gasteiger partial charge in [-0.2, -0.15) is 0 Å². The number of ether oxygens (including phenoxy) is 4. The number of alkyl carbamates (subject to hydrolysis) is 1. The maximum Gasteiger partial charge on any atom is 0.407 e. The second-order valence-corrected chi connectivity index (χ2v) is 20.3. The number of aliphatic hydroxyl groups is 1. The molecule has 0 bridgehead atoms. The van der Waals surface area contributed by atoms with Crippen LogP contribution in [0.2, 0.25) is 18.1 Å². The SMILES string of the molecule is [C-]#[N+][C@H](C(Cc1cc(O[Si](C)(C)C(C)(C)C)c(OC)c(C)c1OC)NC(=O)OCC1c2ccccc2-c2ccccc21)N1CCO[C@@H](CCCCO)C1. The standard InChI is InChI=1S/C42H57N3O7Si/c1-28-38(48-6)29(25-37(39(28)49-7)52-53(8,9)42(2,3)4)24-36(40(43-5)45-21-23-50-30(26-45)16-14-15-22-46)44-41(47)51-27-35-33-19-12-10-17-31(33)32-18-11-13-20-34(32)35/h10-13,17-20,25,30,35-36,40,46H,14-16,21-24,26-27H2,1-4,6-9H3,(H,44,47)/t30-,36?,40-/m0/s1. The zero-order chi connectivity index (χ0) is 38.3. The average Bonchev–Trinajstić information content (AvgIpc) is 3.44. The molecule has 3 atom stereocenters. The van der Waals surface area contributed by atoms with Crippen LogP contribution in [0.5, 0.6) is 17.2 Å². The van der Waals surface area contributed by atoms with E-state index in [0.29, 0.717) is 43.4 Å². The first kappa shape index (κ1) is 40.1. The zero-order valence-electron chi connectivity index (χ0n) is 32.7. The van der Waals surface area contributed by atoms with E-state index in [-0.39, 0.29) is 36.7 Å². The van der Waals surface area contributed by atoms with Crippen LogP contribution < -0.4 is 19.2 Å². The summed E-state index contributed by atoms with van der Waals surface area (Å²) in [6.07, 6.45) is 1.23. The van der Waals surface area contributed by atoms with Gasteiger partial charge in [-0.1, -0.05) is 69.3 Å². The van der Waals surface area contributed by atoms with Crippen molar-refractivity contribution in [2.24, 2.45) is 0 Å². The monoisotopic (exact) mass is 743 g/mol. The molecule has 0 saturated carbocycles. The first-order valence-electron chi connectivity index (χ1n) is 18.7. The second kappa shape index (κ2) is 17.4. The summed E-state index contributed by atoms with van der Waals surface area (Å²) in [6.45, 7) is 23.2. The number of nitrogens with zero attached hydrogens (tertiary/aromatic N) is 2. The fraction of sp³-hybridized carbons (Fsp3) is 0.524. The van der Waals surface area contributed by atoms with Gasteiger partial charge < -0.3 is 33.8 Å². The van der Waals surface area contributed by atoms with Gasteiger partial charge in [-0.3, -0.25) is 4.85 Å². The van der Waals surface area contributed by atoms with Crippen molar-refractivity contribution >= 4 is 14.4 Å². The lowest BCUT2D eigenvalue weighted by Crippen LogP contribution is -2.56. The molecule has 0 radical (unpaired) electrons. The highest BCUT2D eigenvalue weighted by Crippen LogP contribution is 2.46. The lowest BCUT2D eigenvalue weighted by molar-refractivity contribution is -0.0459. The van der Waals surface area contributed by atoms with E-state index in [1.54, 1.807) is 14.2 Å². The lowest BCUT2D eigenvalue weighted by atomic mass is 9.98. The first-order chi connectivity index (χ1) is 25.3. The summed E-state index contributed by atoms with van der Waals surface area (Å²) in [5.74, 6) is 1.76. The number of morpholine rings is 1. The van der Waals surface area contributed by atoms with Crippen LogP contribution in [0.3, 0.4) is 0 Å². The summed E-state index contributed by atoms with van der Waals surface area (Å²) in [5, 5.41) is 12.4. The number of hydrogen-bond donors (Lipinski definition) is 2. The number of unbranched alkanes of at least 4 members (excludes halogenated alkanes) is 1. The van der Waals surface area contributed by atoms with Crippen molar-refractivity contribution in [2.45, 2.75) is 95.7 Å². The van der Waals surface area contributed by atoms with Crippen molar-refractivity contribution in [3.05, 3.63) is 88.3 Å². The molecular weight excluding hydrogens is 687 g/mol. The van der Waals surface area contributed by atoms with Gasteiger partial charge in [-0.05, 0) is 72.6 Å². The molecule has 3 aromatic carbocycles. The van der Waals surface area contributed by atoms with Gasteiger partial charge in [-0.15, -0.1) is 0 Å². The van der Waals surface area contributed by atoms with E-state index >= 15 is 0 Å². The molecule has 10 nitrogen and oxygen atoms in total. The Balaban J connectivity index is 1.46. The molecule has 53 heavy (non-hydrogen) atoms. The van der Waals surface area contributed by atoms with Gasteiger partial charge in [0.05, 0.1) is 26.9 Å². The van der Waals surface area contributed by atoms with E-state index in [9.17, 15) is 9.90 Å². The highest BCUT2D eigenvalue weighted by molar-refractivity contribution is 6.74. The molecule has 1 aliphatic heterocycles. The molecule has 0 spiro atoms. The Bertz CT molecular complexity index is 1720. The van der Waals surface area contributed by atoms with Crippen LogP contribution in [-0.2, 0) is 15.9 Å². The topological polar surface area (TPSA) is 103 Å². The number of methoxy groups -OCH3 is 2. The third-order valence-electron chi connectivity index (χ3n) is 11.1. The van der Waals surface area contributed by atoms with Gasteiger partial charge in [0.15, 0.2) is 5.75 Å². The van der Waals surface area contributed by atoms with E-state index in [2.05, 4.69) is 73.2 Å². The van der Waals surface area contributed by atoms with Gasteiger partial charge in [0.25, 0.3) is 14.5 Å². The van der Waals surface area contributed by atoms with Crippen LogP contribution in [0.1, 0.15) is 68.2 Å². The summed E-state index contributed by atoms with van der Waals surface area (Å²) >= 11 is 0. The molecule has 2 N–H and O–H groups in total. The Morgan fingerprint density at radius 1 is 1.06 bits per heavy atom. The number of fused-ring (bicyclic) bond motifs is 3. The van der Waals surface area contributed by atoms with Gasteiger partial charge in [0.1, 0.15) is 24.1 Å². The highest BCUT2D eigenvalue weighted by Gasteiger charge is 2.42. The summed E-state index contributed by atoms with van der Waals surface area (Å²) < 4.78 is 30.8. The van der Waals surface area contributed by atoms with Gasteiger partial charge in [0, 0.05) is 43.2 Å². The van der Waals surface area contributed by atoms with Crippen LogP contribution in [-0.4, -0.2) is 89.9 Å². The normalized spacial score (nSPS) is 17.2. The molecule has 1 amide bonds. The largest absolute Gasteiger partial charge is 0.541 e. The quantitative estimate of drug-likeness (QED) is 0.0919. The molecule has 5 rings (SSSR count). The van der Waals surface area contributed by atoms with E-state index in [4.69, 9.17) is 29.9 Å². The Labute approximate surface area is 316 Å². The summed E-state index contributed by atoms with van der Waals surface area (Å²) in [5.41, 5.74) is 6.15. The molecule has 1 unspecified atom stereocenters. The molecule has 286 valence electrons. The molecule has 3 aromatic rings. The Hall–Kier alpha value is -4.08. The number of rotatable bonds is 15. The van der Waals surface area contributed by atoms with E-state index in [0.717, 1.165) is 46.2 Å². The summed E-state index contributed by atoms with van der Waals surface area (Å²) in [6, 6.07) is 17.8. The van der Waals surface area contributed by atoms with Crippen LogP contribution in [0.4, 0.5) is 4.79 Å². The smallest absolute Gasteiger partial charge is 0.407 e. The maximum atomic E-state index is 13.9. The number of hydrogen-bond acceptors (Lipinski definition) is 8. The third-order valence-corrected chi connectivity index (χ3v) is 15.5. The second-order valence-electron chi connectivity index (χ2n) is 15.6. The predicted molar refractivity (Wildman–Crippen MR) is 210 cm³/mol. The number of benzene rings is 3. The minimum Gasteiger partial charge on any atom is -0.541 e. The molecule has 2 aliphatic rings. The average molecular weight is 744 g/mol. The Morgan fingerprint density at radius 3 is 2.28 bits per heavy atom. The summed E-state index contributed by atoms with van der Waals surface area (Å²) in [4.78, 5) is 20.1. The van der Waals surface area contributed by atoms with Crippen LogP contribution >= 0.6 is 0 Å². The van der Waals surface area contributed by atoms with Crippen molar-refractivity contribution in [1.82, 2.24) is 10.2 Å². The van der Waals surface area contributed by atoms with Crippen LogP contribution in [0.15, 0.2) is 54.6 Å². The van der Waals surface area contributed by atoms with Gasteiger partial charge in [-0.25, -0.2) is 16.3 Å². The van der Waals surface area contributed by atoms with Crippen molar-refractivity contribution < 1.29 is 33.3 Å². The van der Waals surface area contributed by atoms with Crippen molar-refractivity contribution in [2.75, 3.05) is 47.1 Å². The molecule has 1 aliphatic carbocycles. The molecule has 1 saturated heterocycles. The molecular formula is C42H57N3O7Si. The number of nitrogens with one attached hydrogen (secondary N) is 1. The Morgan fingerprint density at radius 2 is 1.70 bits per heavy atom. The number of carbonyl (C=O) groups is 1. The fourth-order valence-corrected chi connectivity index (χ4v) is 8.35. The zero-order valence-corrected chi connectivity index (χ0v) is 33.7. The minimum atomic E-state index is -2.28. The van der Waals surface area contributed by atoms with Gasteiger partial charge >= 0.3 is 6.09 Å². The predicted octanol–water partition coefficient (Wildman–Crippen LogP) is 7.95. The number of carbonyl (C=O) groups excluding carboxylic acids is 1. The maximum absolute atomic E-state index is 13.9. The molecule has 0 aromatic heterocycles. The van der Waals surface area contributed by atoms with E-state index < -0.39 is 26.6 Å². The third kappa shape index (κ3) is 9.01. The van der Waals surface area contributed by atoms with Gasteiger partial charge in [0.2, 0.25) is 0 Å². The van der Waals surface area contributed by atoms with E-state index in [1.807, 2.05) is 37.3 Å². The Kier molecular flexibility index (Phi) is 13.1. The van der Waals surface area contributed by atoms with Crippen LogP contribution in [0, 0.1) is 13.5 Å². The fourth-order valence-electron chi connectivity index (χ4n) is 7.34. The molecule has 11 heteroatoms. The molecule has 1 heterocycles. The van der Waals surface area contributed by atoms with Crippen molar-refractivity contribution in [3.63, 3.8) is 0 Å². The van der Waals surface area contributed by atoms with Crippen molar-refractivity contribution in [1.29, 1.82) is 0 Å². The number of aliphatic hydroxyl groups excluding tert-OH is 1. The first-order valence-corrected chi connectivity index (χ1v) is 21.6.